The van der Waals surface area contributed by atoms with E-state index in [0.717, 1.165) is 6.54 Å². The van der Waals surface area contributed by atoms with E-state index in [4.69, 9.17) is 4.74 Å². The van der Waals surface area contributed by atoms with Crippen molar-refractivity contribution < 1.29 is 4.74 Å². The van der Waals surface area contributed by atoms with Crippen molar-refractivity contribution in [3.8, 4) is 5.88 Å². The second kappa shape index (κ2) is 6.67. The van der Waals surface area contributed by atoms with E-state index < -0.39 is 0 Å². The molecule has 0 radical (unpaired) electrons. The molecule has 0 saturated carbocycles. The summed E-state index contributed by atoms with van der Waals surface area (Å²) in [5.74, 6) is 1.70. The van der Waals surface area contributed by atoms with Gasteiger partial charge in [-0.25, -0.2) is 0 Å². The number of aromatic nitrogens is 5. The maximum absolute atomic E-state index is 5.52. The van der Waals surface area contributed by atoms with Gasteiger partial charge in [-0.05, 0) is 5.92 Å². The van der Waals surface area contributed by atoms with Crippen LogP contribution in [0.4, 0.5) is 5.82 Å². The summed E-state index contributed by atoms with van der Waals surface area (Å²) >= 11 is 0. The Kier molecular flexibility index (Phi) is 4.66. The van der Waals surface area contributed by atoms with Crippen molar-refractivity contribution in [1.29, 1.82) is 0 Å². The van der Waals surface area contributed by atoms with Crippen LogP contribution in [0.25, 0.3) is 0 Å². The highest BCUT2D eigenvalue weighted by atomic mass is 16.5. The molecule has 0 bridgehead atoms. The minimum atomic E-state index is 0.464. The van der Waals surface area contributed by atoms with Crippen LogP contribution in [0.3, 0.4) is 0 Å². The van der Waals surface area contributed by atoms with Gasteiger partial charge in [0.25, 0.3) is 0 Å². The first-order valence-electron chi connectivity index (χ1n) is 6.27. The van der Waals surface area contributed by atoms with Gasteiger partial charge in [-0.1, -0.05) is 19.1 Å². The summed E-state index contributed by atoms with van der Waals surface area (Å²) in [5, 5.41) is 10.8. The van der Waals surface area contributed by atoms with Crippen LogP contribution in [0.1, 0.15) is 13.8 Å². The number of anilines is 1. The summed E-state index contributed by atoms with van der Waals surface area (Å²) in [5.41, 5.74) is 0. The van der Waals surface area contributed by atoms with E-state index >= 15 is 0 Å². The van der Waals surface area contributed by atoms with Gasteiger partial charge in [0.05, 0.1) is 31.7 Å². The minimum Gasteiger partial charge on any atom is -0.476 e. The van der Waals surface area contributed by atoms with Crippen molar-refractivity contribution in [2.75, 3.05) is 18.5 Å². The van der Waals surface area contributed by atoms with Crippen LogP contribution >= 0.6 is 0 Å². The normalized spacial score (nSPS) is 10.7. The third kappa shape index (κ3) is 4.53. The third-order valence-corrected chi connectivity index (χ3v) is 2.30. The molecule has 0 aromatic carbocycles. The Hall–Kier alpha value is -2.18. The first-order valence-corrected chi connectivity index (χ1v) is 6.27. The molecule has 2 rings (SSSR count). The van der Waals surface area contributed by atoms with Crippen molar-refractivity contribution in [3.63, 3.8) is 0 Å². The lowest BCUT2D eigenvalue weighted by atomic mass is 10.2. The van der Waals surface area contributed by atoms with Crippen LogP contribution in [0.5, 0.6) is 5.88 Å². The fourth-order valence-corrected chi connectivity index (χ4v) is 1.41. The van der Waals surface area contributed by atoms with Crippen LogP contribution in [0, 0.1) is 5.92 Å². The zero-order chi connectivity index (χ0) is 13.5. The predicted octanol–water partition coefficient (Wildman–Crippen LogP) is 1.21. The molecule has 2 aromatic rings. The van der Waals surface area contributed by atoms with Crippen LogP contribution in [0.2, 0.25) is 0 Å². The van der Waals surface area contributed by atoms with Crippen molar-refractivity contribution in [1.82, 2.24) is 25.0 Å². The van der Waals surface area contributed by atoms with Crippen molar-refractivity contribution in [2.45, 2.75) is 20.4 Å². The molecule has 1 N–H and O–H groups in total. The number of hydrogen-bond acceptors (Lipinski definition) is 6. The maximum atomic E-state index is 5.52. The smallest absolute Gasteiger partial charge is 0.234 e. The number of ether oxygens (including phenoxy) is 1. The summed E-state index contributed by atoms with van der Waals surface area (Å²) in [6.07, 6.45) is 6.75. The molecule has 7 heteroatoms. The molecule has 0 aliphatic heterocycles. The lowest BCUT2D eigenvalue weighted by molar-refractivity contribution is 0.260. The molecule has 0 amide bonds. The van der Waals surface area contributed by atoms with E-state index in [2.05, 4.69) is 39.4 Å². The van der Waals surface area contributed by atoms with Gasteiger partial charge in [-0.2, -0.15) is 4.98 Å². The molecule has 0 fully saturated rings. The molecular weight excluding hydrogens is 244 g/mol. The van der Waals surface area contributed by atoms with E-state index in [9.17, 15) is 0 Å². The van der Waals surface area contributed by atoms with E-state index in [-0.39, 0.29) is 0 Å². The SMILES string of the molecule is CC(C)COc1cncc(NCCn2ccnn2)n1. The molecule has 0 atom stereocenters. The van der Waals surface area contributed by atoms with E-state index in [0.29, 0.717) is 30.8 Å². The second-order valence-electron chi connectivity index (χ2n) is 4.54. The number of nitrogens with zero attached hydrogens (tertiary/aromatic N) is 5. The highest BCUT2D eigenvalue weighted by molar-refractivity contribution is 5.32. The highest BCUT2D eigenvalue weighted by Gasteiger charge is 2.01. The summed E-state index contributed by atoms with van der Waals surface area (Å²) in [7, 11) is 0. The maximum Gasteiger partial charge on any atom is 0.234 e. The molecule has 0 saturated heterocycles. The Morgan fingerprint density at radius 2 is 2.26 bits per heavy atom. The van der Waals surface area contributed by atoms with Crippen LogP contribution in [0.15, 0.2) is 24.8 Å². The summed E-state index contributed by atoms with van der Waals surface area (Å²) < 4.78 is 7.27. The number of hydrogen-bond donors (Lipinski definition) is 1. The topological polar surface area (TPSA) is 77.8 Å². The zero-order valence-corrected chi connectivity index (χ0v) is 11.2. The molecule has 0 aliphatic carbocycles. The van der Waals surface area contributed by atoms with Gasteiger partial charge in [0.15, 0.2) is 0 Å². The molecular formula is C12H18N6O. The van der Waals surface area contributed by atoms with Gasteiger partial charge in [-0.15, -0.1) is 5.10 Å². The lowest BCUT2D eigenvalue weighted by Crippen LogP contribution is -2.13. The molecule has 7 nitrogen and oxygen atoms in total. The molecule has 2 heterocycles. The quantitative estimate of drug-likeness (QED) is 0.808. The van der Waals surface area contributed by atoms with Crippen molar-refractivity contribution in [2.24, 2.45) is 5.92 Å². The Morgan fingerprint density at radius 3 is 3.00 bits per heavy atom. The molecule has 0 unspecified atom stereocenters. The van der Waals surface area contributed by atoms with Crippen LogP contribution < -0.4 is 10.1 Å². The fourth-order valence-electron chi connectivity index (χ4n) is 1.41. The first-order chi connectivity index (χ1) is 9.24. The fraction of sp³-hybridized carbons (Fsp3) is 0.500. The van der Waals surface area contributed by atoms with E-state index in [1.807, 2.05) is 6.20 Å². The Bertz CT molecular complexity index is 485. The zero-order valence-electron chi connectivity index (χ0n) is 11.2. The van der Waals surface area contributed by atoms with Gasteiger partial charge >= 0.3 is 0 Å². The van der Waals surface area contributed by atoms with Gasteiger partial charge in [0.2, 0.25) is 5.88 Å². The summed E-state index contributed by atoms with van der Waals surface area (Å²) in [4.78, 5) is 8.42. The average molecular weight is 262 g/mol. The molecule has 0 aliphatic rings. The largest absolute Gasteiger partial charge is 0.476 e. The van der Waals surface area contributed by atoms with Gasteiger partial charge < -0.3 is 10.1 Å². The first kappa shape index (κ1) is 13.3. The van der Waals surface area contributed by atoms with Gasteiger partial charge in [-0.3, -0.25) is 9.67 Å². The average Bonchev–Trinajstić information content (AvgIpc) is 2.90. The van der Waals surface area contributed by atoms with Crippen molar-refractivity contribution >= 4 is 5.82 Å². The monoisotopic (exact) mass is 262 g/mol. The second-order valence-corrected chi connectivity index (χ2v) is 4.54. The Labute approximate surface area is 112 Å². The summed E-state index contributed by atoms with van der Waals surface area (Å²) in [6, 6.07) is 0. The van der Waals surface area contributed by atoms with Gasteiger partial charge in [0, 0.05) is 12.7 Å². The molecule has 19 heavy (non-hydrogen) atoms. The highest BCUT2D eigenvalue weighted by Crippen LogP contribution is 2.09. The molecule has 102 valence electrons. The minimum absolute atomic E-state index is 0.464. The number of rotatable bonds is 7. The van der Waals surface area contributed by atoms with Crippen molar-refractivity contribution in [3.05, 3.63) is 24.8 Å². The molecule has 0 spiro atoms. The third-order valence-electron chi connectivity index (χ3n) is 2.30. The predicted molar refractivity (Wildman–Crippen MR) is 70.9 cm³/mol. The lowest BCUT2D eigenvalue weighted by Gasteiger charge is -2.09. The van der Waals surface area contributed by atoms with E-state index in [1.54, 1.807) is 23.3 Å². The van der Waals surface area contributed by atoms with Crippen LogP contribution in [-0.4, -0.2) is 38.1 Å². The van der Waals surface area contributed by atoms with Crippen LogP contribution in [-0.2, 0) is 6.54 Å². The van der Waals surface area contributed by atoms with Gasteiger partial charge in [0.1, 0.15) is 5.82 Å². The Morgan fingerprint density at radius 1 is 1.37 bits per heavy atom. The molecule has 2 aromatic heterocycles. The standard InChI is InChI=1S/C12H18N6O/c1-10(2)9-19-12-8-13-7-11(16-12)14-3-5-18-6-4-15-17-18/h4,6-8,10H,3,5,9H2,1-2H3,(H,14,16). The number of nitrogens with one attached hydrogen (secondary N) is 1. The van der Waals surface area contributed by atoms with E-state index in [1.165, 1.54) is 0 Å². The Balaban J connectivity index is 1.81. The summed E-state index contributed by atoms with van der Waals surface area (Å²) in [6.45, 7) is 6.24.